The molecule has 7 nitrogen and oxygen atoms in total. The quantitative estimate of drug-likeness (QED) is 0.301. The molecule has 0 N–H and O–H groups in total. The SMILES string of the molecule is CC(C)C(C)(c1ccc(OCc2ccccn2)cc1)c1ccc(-c2noc(CN3CCOCC3)n2)cc1. The van der Waals surface area contributed by atoms with Crippen LogP contribution in [0.1, 0.15) is 43.5 Å². The van der Waals surface area contributed by atoms with E-state index < -0.39 is 0 Å². The molecule has 0 spiro atoms. The van der Waals surface area contributed by atoms with Crippen molar-refractivity contribution in [1.29, 1.82) is 0 Å². The van der Waals surface area contributed by atoms with Crippen molar-refractivity contribution in [2.24, 2.45) is 5.92 Å². The molecule has 1 aliphatic heterocycles. The summed E-state index contributed by atoms with van der Waals surface area (Å²) >= 11 is 0. The van der Waals surface area contributed by atoms with Gasteiger partial charge >= 0.3 is 0 Å². The van der Waals surface area contributed by atoms with Crippen LogP contribution in [-0.2, 0) is 23.3 Å². The third-order valence-electron chi connectivity index (χ3n) is 7.40. The van der Waals surface area contributed by atoms with Crippen molar-refractivity contribution in [2.45, 2.75) is 39.3 Å². The summed E-state index contributed by atoms with van der Waals surface area (Å²) in [5, 5.41) is 4.22. The summed E-state index contributed by atoms with van der Waals surface area (Å²) in [6.45, 7) is 11.2. The molecular weight excluding hydrogens is 464 g/mol. The molecule has 37 heavy (non-hydrogen) atoms. The van der Waals surface area contributed by atoms with Crippen LogP contribution in [0.25, 0.3) is 11.4 Å². The highest BCUT2D eigenvalue weighted by atomic mass is 16.5. The Labute approximate surface area is 218 Å². The smallest absolute Gasteiger partial charge is 0.241 e. The Bertz CT molecular complexity index is 1270. The lowest BCUT2D eigenvalue weighted by molar-refractivity contribution is 0.0297. The maximum Gasteiger partial charge on any atom is 0.241 e. The van der Waals surface area contributed by atoms with Crippen molar-refractivity contribution in [2.75, 3.05) is 26.3 Å². The Balaban J connectivity index is 1.29. The van der Waals surface area contributed by atoms with E-state index in [4.69, 9.17) is 14.0 Å². The molecule has 1 aliphatic rings. The first-order valence-electron chi connectivity index (χ1n) is 12.9. The van der Waals surface area contributed by atoms with Gasteiger partial charge in [0.1, 0.15) is 12.4 Å². The van der Waals surface area contributed by atoms with Crippen LogP contribution in [0.3, 0.4) is 0 Å². The Kier molecular flexibility index (Phi) is 7.63. The van der Waals surface area contributed by atoms with E-state index in [0.29, 0.717) is 30.8 Å². The van der Waals surface area contributed by atoms with E-state index in [1.54, 1.807) is 6.20 Å². The molecule has 192 valence electrons. The van der Waals surface area contributed by atoms with E-state index in [2.05, 4.69) is 77.2 Å². The van der Waals surface area contributed by atoms with E-state index in [9.17, 15) is 0 Å². The lowest BCUT2D eigenvalue weighted by atomic mass is 9.68. The topological polar surface area (TPSA) is 73.5 Å². The highest BCUT2D eigenvalue weighted by Gasteiger charge is 2.32. The molecule has 7 heteroatoms. The van der Waals surface area contributed by atoms with Gasteiger partial charge in [0.15, 0.2) is 0 Å². The van der Waals surface area contributed by atoms with Crippen molar-refractivity contribution >= 4 is 0 Å². The number of pyridine rings is 1. The third kappa shape index (κ3) is 5.73. The molecule has 1 unspecified atom stereocenters. The molecule has 2 aromatic heterocycles. The number of rotatable bonds is 9. The predicted octanol–water partition coefficient (Wildman–Crippen LogP) is 5.50. The summed E-state index contributed by atoms with van der Waals surface area (Å²) in [7, 11) is 0. The minimum atomic E-state index is -0.170. The summed E-state index contributed by atoms with van der Waals surface area (Å²) in [6.07, 6.45) is 1.78. The van der Waals surface area contributed by atoms with Gasteiger partial charge in [-0.1, -0.05) is 68.4 Å². The molecule has 5 rings (SSSR count). The zero-order valence-electron chi connectivity index (χ0n) is 21.8. The fourth-order valence-electron chi connectivity index (χ4n) is 4.72. The van der Waals surface area contributed by atoms with Gasteiger partial charge in [-0.05, 0) is 41.3 Å². The van der Waals surface area contributed by atoms with Gasteiger partial charge in [0, 0.05) is 30.3 Å². The number of hydrogen-bond acceptors (Lipinski definition) is 7. The molecular formula is C30H34N4O3. The molecule has 1 fully saturated rings. The zero-order valence-corrected chi connectivity index (χ0v) is 21.8. The van der Waals surface area contributed by atoms with Crippen molar-refractivity contribution in [3.8, 4) is 17.1 Å². The highest BCUT2D eigenvalue weighted by molar-refractivity contribution is 5.56. The van der Waals surface area contributed by atoms with Crippen molar-refractivity contribution in [3.05, 3.63) is 95.6 Å². The average Bonchev–Trinajstić information content (AvgIpc) is 3.41. The second kappa shape index (κ2) is 11.2. The second-order valence-electron chi connectivity index (χ2n) is 9.97. The Morgan fingerprint density at radius 1 is 0.946 bits per heavy atom. The molecule has 4 aromatic rings. The lowest BCUT2D eigenvalue weighted by Crippen LogP contribution is -2.35. The largest absolute Gasteiger partial charge is 0.487 e. The van der Waals surface area contributed by atoms with Crippen molar-refractivity contribution in [1.82, 2.24) is 20.0 Å². The van der Waals surface area contributed by atoms with Crippen LogP contribution >= 0.6 is 0 Å². The first-order valence-corrected chi connectivity index (χ1v) is 12.9. The first kappa shape index (κ1) is 25.1. The highest BCUT2D eigenvalue weighted by Crippen LogP contribution is 2.40. The number of aromatic nitrogens is 3. The number of morpholine rings is 1. The molecule has 1 saturated heterocycles. The van der Waals surface area contributed by atoms with Gasteiger partial charge in [0.2, 0.25) is 11.7 Å². The molecule has 0 bridgehead atoms. The van der Waals surface area contributed by atoms with E-state index in [1.165, 1.54) is 11.1 Å². The monoisotopic (exact) mass is 498 g/mol. The number of benzene rings is 2. The van der Waals surface area contributed by atoms with E-state index >= 15 is 0 Å². The molecule has 2 aromatic carbocycles. The standard InChI is InChI=1S/C30H34N4O3/c1-22(2)30(3,25-11-13-27(14-12-25)36-21-26-6-4-5-15-31-26)24-9-7-23(8-10-24)29-32-28(37-33-29)20-34-16-18-35-19-17-34/h4-15,22H,16-21H2,1-3H3. The summed E-state index contributed by atoms with van der Waals surface area (Å²) < 4.78 is 16.9. The second-order valence-corrected chi connectivity index (χ2v) is 9.97. The normalized spacial score (nSPS) is 16.0. The lowest BCUT2D eigenvalue weighted by Gasteiger charge is -2.35. The maximum absolute atomic E-state index is 5.95. The minimum Gasteiger partial charge on any atom is -0.487 e. The molecule has 0 amide bonds. The fourth-order valence-corrected chi connectivity index (χ4v) is 4.72. The third-order valence-corrected chi connectivity index (χ3v) is 7.40. The van der Waals surface area contributed by atoms with Crippen molar-refractivity contribution in [3.63, 3.8) is 0 Å². The number of hydrogen-bond donors (Lipinski definition) is 0. The Morgan fingerprint density at radius 3 is 2.30 bits per heavy atom. The van der Waals surface area contributed by atoms with Crippen LogP contribution < -0.4 is 4.74 Å². The van der Waals surface area contributed by atoms with Crippen LogP contribution in [0.15, 0.2) is 77.4 Å². The number of nitrogens with zero attached hydrogens (tertiary/aromatic N) is 4. The van der Waals surface area contributed by atoms with Gasteiger partial charge < -0.3 is 14.0 Å². The molecule has 3 heterocycles. The van der Waals surface area contributed by atoms with Gasteiger partial charge in [-0.25, -0.2) is 0 Å². The molecule has 0 radical (unpaired) electrons. The number of ether oxygens (including phenoxy) is 2. The van der Waals surface area contributed by atoms with Crippen molar-refractivity contribution < 1.29 is 14.0 Å². The van der Waals surface area contributed by atoms with Crippen LogP contribution in [0.5, 0.6) is 5.75 Å². The predicted molar refractivity (Wildman–Crippen MR) is 142 cm³/mol. The van der Waals surface area contributed by atoms with Gasteiger partial charge in [-0.2, -0.15) is 4.98 Å². The van der Waals surface area contributed by atoms with E-state index in [1.807, 2.05) is 30.3 Å². The van der Waals surface area contributed by atoms with Gasteiger partial charge in [0.05, 0.1) is 25.5 Å². The van der Waals surface area contributed by atoms with Crippen LogP contribution in [0.2, 0.25) is 0 Å². The molecule has 0 saturated carbocycles. The Hall–Kier alpha value is -3.55. The fraction of sp³-hybridized carbons (Fsp3) is 0.367. The van der Waals surface area contributed by atoms with Crippen LogP contribution in [0.4, 0.5) is 0 Å². The van der Waals surface area contributed by atoms with Crippen LogP contribution in [0, 0.1) is 5.92 Å². The average molecular weight is 499 g/mol. The minimum absolute atomic E-state index is 0.170. The van der Waals surface area contributed by atoms with E-state index in [0.717, 1.165) is 43.3 Å². The first-order chi connectivity index (χ1) is 18.0. The summed E-state index contributed by atoms with van der Waals surface area (Å²) in [6, 6.07) is 22.8. The Morgan fingerprint density at radius 2 is 1.65 bits per heavy atom. The summed E-state index contributed by atoms with van der Waals surface area (Å²) in [4.78, 5) is 11.2. The zero-order chi connectivity index (χ0) is 25.7. The molecule has 0 aliphatic carbocycles. The maximum atomic E-state index is 5.95. The molecule has 1 atom stereocenters. The van der Waals surface area contributed by atoms with E-state index in [-0.39, 0.29) is 5.41 Å². The summed E-state index contributed by atoms with van der Waals surface area (Å²) in [5.74, 6) is 2.47. The van der Waals surface area contributed by atoms with Crippen LogP contribution in [-0.4, -0.2) is 46.3 Å². The van der Waals surface area contributed by atoms with Gasteiger partial charge in [-0.3, -0.25) is 9.88 Å². The van der Waals surface area contributed by atoms with Gasteiger partial charge in [0.25, 0.3) is 0 Å². The summed E-state index contributed by atoms with van der Waals surface area (Å²) in [5.41, 5.74) is 4.17. The van der Waals surface area contributed by atoms with Gasteiger partial charge in [-0.15, -0.1) is 0 Å².